The van der Waals surface area contributed by atoms with Crippen molar-refractivity contribution in [2.45, 2.75) is 19.8 Å². The highest BCUT2D eigenvalue weighted by Crippen LogP contribution is 2.21. The molecule has 0 bridgehead atoms. The van der Waals surface area contributed by atoms with Crippen molar-refractivity contribution in [3.63, 3.8) is 0 Å². The molecule has 0 radical (unpaired) electrons. The van der Waals surface area contributed by atoms with E-state index in [-0.39, 0.29) is 23.5 Å². The normalized spacial score (nSPS) is 17.6. The van der Waals surface area contributed by atoms with Crippen LogP contribution >= 0.6 is 11.3 Å². The third kappa shape index (κ3) is 3.59. The summed E-state index contributed by atoms with van der Waals surface area (Å²) in [6.45, 7) is 2.57. The predicted molar refractivity (Wildman–Crippen MR) is 88.3 cm³/mol. The number of nitrogens with one attached hydrogen (secondary N) is 1. The number of hydrogen-bond acceptors (Lipinski definition) is 5. The largest absolute Gasteiger partial charge is 0.338 e. The average Bonchev–Trinajstić information content (AvgIpc) is 3.10. The first-order valence-corrected chi connectivity index (χ1v) is 8.55. The van der Waals surface area contributed by atoms with Gasteiger partial charge in [-0.2, -0.15) is 0 Å². The lowest BCUT2D eigenvalue weighted by molar-refractivity contribution is -0.121. The number of hydrogen-bond donors (Lipinski definition) is 1. The fourth-order valence-corrected chi connectivity index (χ4v) is 3.22. The number of anilines is 1. The van der Waals surface area contributed by atoms with E-state index in [4.69, 9.17) is 0 Å². The molecule has 2 aromatic rings. The van der Waals surface area contributed by atoms with Gasteiger partial charge in [-0.05, 0) is 43.5 Å². The van der Waals surface area contributed by atoms with Crippen molar-refractivity contribution in [1.29, 1.82) is 0 Å². The Labute approximate surface area is 142 Å². The number of piperidine rings is 1. The van der Waals surface area contributed by atoms with Gasteiger partial charge in [0, 0.05) is 18.7 Å². The summed E-state index contributed by atoms with van der Waals surface area (Å²) in [5.74, 6) is -0.946. The first kappa shape index (κ1) is 16.5. The van der Waals surface area contributed by atoms with Gasteiger partial charge in [-0.1, -0.05) is 11.3 Å². The average molecular weight is 348 g/mol. The summed E-state index contributed by atoms with van der Waals surface area (Å²) in [6, 6.07) is 4.32. The number of likely N-dealkylation sites (tertiary alicyclic amines) is 1. The van der Waals surface area contributed by atoms with Gasteiger partial charge in [0.05, 0.1) is 5.92 Å². The number of halogens is 1. The fraction of sp³-hybridized carbons (Fsp3) is 0.375. The first-order valence-electron chi connectivity index (χ1n) is 7.67. The van der Waals surface area contributed by atoms with Crippen LogP contribution in [-0.2, 0) is 4.79 Å². The van der Waals surface area contributed by atoms with Crippen molar-refractivity contribution in [2.24, 2.45) is 5.92 Å². The summed E-state index contributed by atoms with van der Waals surface area (Å²) in [5.41, 5.74) is 2.42. The highest BCUT2D eigenvalue weighted by Gasteiger charge is 2.29. The second-order valence-electron chi connectivity index (χ2n) is 5.79. The molecular formula is C16H17FN4O2S. The number of amides is 2. The van der Waals surface area contributed by atoms with Crippen LogP contribution in [0.4, 0.5) is 9.52 Å². The molecule has 1 saturated heterocycles. The molecule has 1 aromatic heterocycles. The number of benzene rings is 1. The molecule has 1 fully saturated rings. The molecule has 2 heterocycles. The molecule has 1 N–H and O–H groups in total. The standard InChI is InChI=1S/C16H17FN4O2S/c1-10-7-11(4-5-13(10)17)15(23)21-6-2-3-12(8-21)14(22)19-16-20-18-9-24-16/h4-5,7,9,12H,2-3,6,8H2,1H3,(H,19,20,22)/t12-/m0/s1. The van der Waals surface area contributed by atoms with Crippen LogP contribution in [0.5, 0.6) is 0 Å². The van der Waals surface area contributed by atoms with Gasteiger partial charge >= 0.3 is 0 Å². The molecule has 0 saturated carbocycles. The van der Waals surface area contributed by atoms with Crippen molar-refractivity contribution >= 4 is 28.3 Å². The number of carbonyl (C=O) groups is 2. The van der Waals surface area contributed by atoms with Crippen LogP contribution in [-0.4, -0.2) is 40.0 Å². The number of aromatic nitrogens is 2. The Morgan fingerprint density at radius 3 is 2.96 bits per heavy atom. The Kier molecular flexibility index (Phi) is 4.84. The van der Waals surface area contributed by atoms with E-state index in [0.717, 1.165) is 12.8 Å². The number of aryl methyl sites for hydroxylation is 1. The Balaban J connectivity index is 1.67. The van der Waals surface area contributed by atoms with Crippen LogP contribution in [0, 0.1) is 18.7 Å². The molecule has 0 unspecified atom stereocenters. The third-order valence-corrected chi connectivity index (χ3v) is 4.68. The van der Waals surface area contributed by atoms with Gasteiger partial charge in [0.2, 0.25) is 11.0 Å². The van der Waals surface area contributed by atoms with Gasteiger partial charge in [-0.25, -0.2) is 4.39 Å². The molecule has 2 amide bonds. The summed E-state index contributed by atoms with van der Waals surface area (Å²) in [4.78, 5) is 26.6. The minimum atomic E-state index is -0.334. The van der Waals surface area contributed by atoms with Gasteiger partial charge in [0.1, 0.15) is 11.3 Å². The van der Waals surface area contributed by atoms with Gasteiger partial charge in [-0.3, -0.25) is 9.59 Å². The Morgan fingerprint density at radius 2 is 2.25 bits per heavy atom. The predicted octanol–water partition coefficient (Wildman–Crippen LogP) is 2.48. The second kappa shape index (κ2) is 7.04. The maximum atomic E-state index is 13.4. The summed E-state index contributed by atoms with van der Waals surface area (Å²) < 4.78 is 13.4. The van der Waals surface area contributed by atoms with Crippen LogP contribution < -0.4 is 5.32 Å². The van der Waals surface area contributed by atoms with Gasteiger partial charge in [-0.15, -0.1) is 10.2 Å². The molecule has 3 rings (SSSR count). The molecule has 1 atom stereocenters. The monoisotopic (exact) mass is 348 g/mol. The van der Waals surface area contributed by atoms with Crippen molar-refractivity contribution in [1.82, 2.24) is 15.1 Å². The van der Waals surface area contributed by atoms with Gasteiger partial charge in [0.25, 0.3) is 5.91 Å². The second-order valence-corrected chi connectivity index (χ2v) is 6.62. The SMILES string of the molecule is Cc1cc(C(=O)N2CCC[C@H](C(=O)Nc3nncs3)C2)ccc1F. The molecule has 126 valence electrons. The summed E-state index contributed by atoms with van der Waals surface area (Å²) >= 11 is 1.25. The summed E-state index contributed by atoms with van der Waals surface area (Å²) in [7, 11) is 0. The summed E-state index contributed by atoms with van der Waals surface area (Å²) in [6.07, 6.45) is 1.47. The first-order chi connectivity index (χ1) is 11.5. The van der Waals surface area contributed by atoms with Crippen molar-refractivity contribution in [3.8, 4) is 0 Å². The van der Waals surface area contributed by atoms with Crippen LogP contribution in [0.1, 0.15) is 28.8 Å². The van der Waals surface area contributed by atoms with Crippen molar-refractivity contribution in [3.05, 3.63) is 40.7 Å². The molecule has 0 spiro atoms. The lowest BCUT2D eigenvalue weighted by atomic mass is 9.96. The lowest BCUT2D eigenvalue weighted by Crippen LogP contribution is -2.43. The number of nitrogens with zero attached hydrogens (tertiary/aromatic N) is 3. The Morgan fingerprint density at radius 1 is 1.42 bits per heavy atom. The number of carbonyl (C=O) groups excluding carboxylic acids is 2. The molecule has 0 aliphatic carbocycles. The maximum Gasteiger partial charge on any atom is 0.253 e. The van der Waals surface area contributed by atoms with E-state index >= 15 is 0 Å². The van der Waals surface area contributed by atoms with E-state index in [2.05, 4.69) is 15.5 Å². The maximum absolute atomic E-state index is 13.4. The van der Waals surface area contributed by atoms with E-state index in [1.165, 1.54) is 23.5 Å². The molecule has 6 nitrogen and oxygen atoms in total. The zero-order chi connectivity index (χ0) is 17.1. The highest BCUT2D eigenvalue weighted by molar-refractivity contribution is 7.13. The lowest BCUT2D eigenvalue weighted by Gasteiger charge is -2.32. The van der Waals surface area contributed by atoms with Crippen LogP contribution in [0.25, 0.3) is 0 Å². The van der Waals surface area contributed by atoms with E-state index in [9.17, 15) is 14.0 Å². The van der Waals surface area contributed by atoms with Crippen LogP contribution in [0.3, 0.4) is 0 Å². The van der Waals surface area contributed by atoms with Crippen LogP contribution in [0.15, 0.2) is 23.7 Å². The minimum absolute atomic E-state index is 0.153. The van der Waals surface area contributed by atoms with Gasteiger partial charge in [0.15, 0.2) is 0 Å². The zero-order valence-corrected chi connectivity index (χ0v) is 14.0. The van der Waals surface area contributed by atoms with E-state index in [1.807, 2.05) is 0 Å². The van der Waals surface area contributed by atoms with E-state index in [0.29, 0.717) is 29.3 Å². The molecule has 8 heteroatoms. The van der Waals surface area contributed by atoms with E-state index in [1.54, 1.807) is 23.4 Å². The Bertz CT molecular complexity index is 751. The molecule has 1 aromatic carbocycles. The number of rotatable bonds is 3. The van der Waals surface area contributed by atoms with E-state index < -0.39 is 0 Å². The Hall–Kier alpha value is -2.35. The quantitative estimate of drug-likeness (QED) is 0.925. The third-order valence-electron chi connectivity index (χ3n) is 4.07. The molecule has 1 aliphatic heterocycles. The molecule has 1 aliphatic rings. The van der Waals surface area contributed by atoms with Crippen molar-refractivity contribution in [2.75, 3.05) is 18.4 Å². The van der Waals surface area contributed by atoms with Crippen LogP contribution in [0.2, 0.25) is 0 Å². The fourth-order valence-electron chi connectivity index (χ4n) is 2.77. The molecule has 24 heavy (non-hydrogen) atoms. The minimum Gasteiger partial charge on any atom is -0.338 e. The summed E-state index contributed by atoms with van der Waals surface area (Å²) in [5, 5.41) is 10.7. The van der Waals surface area contributed by atoms with Crippen molar-refractivity contribution < 1.29 is 14.0 Å². The van der Waals surface area contributed by atoms with Gasteiger partial charge < -0.3 is 10.2 Å². The topological polar surface area (TPSA) is 75.2 Å². The smallest absolute Gasteiger partial charge is 0.253 e. The molecular weight excluding hydrogens is 331 g/mol. The highest BCUT2D eigenvalue weighted by atomic mass is 32.1. The zero-order valence-electron chi connectivity index (χ0n) is 13.2.